The number of hydrogen-bond acceptors (Lipinski definition) is 6. The van der Waals surface area contributed by atoms with Gasteiger partial charge >= 0.3 is 0 Å². The van der Waals surface area contributed by atoms with Gasteiger partial charge in [-0.15, -0.1) is 0 Å². The lowest BCUT2D eigenvalue weighted by Gasteiger charge is -2.42. The summed E-state index contributed by atoms with van der Waals surface area (Å²) in [5.74, 6) is 1.04. The van der Waals surface area contributed by atoms with Crippen LogP contribution < -0.4 is 5.73 Å². The van der Waals surface area contributed by atoms with Gasteiger partial charge in [0.05, 0.1) is 22.1 Å². The first-order valence-electron chi connectivity index (χ1n) is 14.7. The Morgan fingerprint density at radius 1 is 0.976 bits per heavy atom. The number of anilines is 1. The number of nitrogens with two attached hydrogens (primary N) is 1. The van der Waals surface area contributed by atoms with Crippen LogP contribution in [0.4, 0.5) is 5.82 Å². The molecule has 9 nitrogen and oxygen atoms in total. The van der Waals surface area contributed by atoms with Crippen molar-refractivity contribution in [2.45, 2.75) is 51.9 Å². The van der Waals surface area contributed by atoms with Crippen molar-refractivity contribution in [3.8, 4) is 22.4 Å². The van der Waals surface area contributed by atoms with Gasteiger partial charge in [0.25, 0.3) is 0 Å². The summed E-state index contributed by atoms with van der Waals surface area (Å²) in [7, 11) is 0. The molecule has 0 atom stereocenters. The second-order valence-electron chi connectivity index (χ2n) is 11.6. The highest BCUT2D eigenvalue weighted by atomic mass is 79.9. The van der Waals surface area contributed by atoms with E-state index >= 15 is 0 Å². The van der Waals surface area contributed by atoms with Crippen molar-refractivity contribution in [3.05, 3.63) is 65.0 Å². The molecule has 0 bridgehead atoms. The molecule has 2 aliphatic rings. The predicted octanol–water partition coefficient (Wildman–Crippen LogP) is 5.55. The maximum Gasteiger partial charge on any atom is 0.228 e. The zero-order valence-electron chi connectivity index (χ0n) is 24.1. The summed E-state index contributed by atoms with van der Waals surface area (Å²) in [5, 5.41) is 4.53. The molecule has 10 heteroatoms. The average Bonchev–Trinajstić information content (AvgIpc) is 3.47. The molecule has 218 valence electrons. The lowest BCUT2D eigenvalue weighted by atomic mass is 9.78. The number of halogens is 1. The van der Waals surface area contributed by atoms with Crippen LogP contribution in [0.25, 0.3) is 28.0 Å². The third-order valence-corrected chi connectivity index (χ3v) is 9.81. The van der Waals surface area contributed by atoms with Gasteiger partial charge in [0.1, 0.15) is 5.82 Å². The molecule has 6 rings (SSSR count). The number of rotatable bonds is 5. The van der Waals surface area contributed by atoms with Gasteiger partial charge in [-0.3, -0.25) is 14.6 Å². The summed E-state index contributed by atoms with van der Waals surface area (Å²) < 4.78 is 2.43. The fraction of sp³-hybridized carbons (Fsp3) is 0.406. The summed E-state index contributed by atoms with van der Waals surface area (Å²) >= 11 is 3.70. The molecule has 5 heterocycles. The molecule has 4 aromatic rings. The van der Waals surface area contributed by atoms with Crippen molar-refractivity contribution in [3.63, 3.8) is 0 Å². The number of aromatic nitrogens is 4. The lowest BCUT2D eigenvalue weighted by molar-refractivity contribution is -0.148. The summed E-state index contributed by atoms with van der Waals surface area (Å²) in [4.78, 5) is 39.4. The molecule has 0 radical (unpaired) electrons. The van der Waals surface area contributed by atoms with Gasteiger partial charge in [0.2, 0.25) is 11.8 Å². The predicted molar refractivity (Wildman–Crippen MR) is 167 cm³/mol. The number of piperidine rings is 2. The molecule has 2 saturated heterocycles. The Morgan fingerprint density at radius 3 is 2.33 bits per heavy atom. The van der Waals surface area contributed by atoms with Crippen molar-refractivity contribution < 1.29 is 9.59 Å². The zero-order chi connectivity index (χ0) is 29.4. The number of nitrogens with zero attached hydrogens (tertiary/aromatic N) is 6. The Labute approximate surface area is 254 Å². The average molecular weight is 631 g/mol. The zero-order valence-corrected chi connectivity index (χ0v) is 25.7. The number of carbonyl (C=O) groups excluding carboxylic acids is 2. The number of amides is 2. The third kappa shape index (κ3) is 5.17. The van der Waals surface area contributed by atoms with E-state index in [0.29, 0.717) is 56.9 Å². The van der Waals surface area contributed by atoms with E-state index in [1.807, 2.05) is 65.4 Å². The molecule has 0 unspecified atom stereocenters. The van der Waals surface area contributed by atoms with Gasteiger partial charge in [-0.1, -0.05) is 50.2 Å². The Kier molecular flexibility index (Phi) is 7.74. The minimum absolute atomic E-state index is 0.161. The number of carbonyl (C=O) groups is 2. The highest BCUT2D eigenvalue weighted by Gasteiger charge is 2.41. The van der Waals surface area contributed by atoms with E-state index in [2.05, 4.69) is 32.9 Å². The van der Waals surface area contributed by atoms with Crippen molar-refractivity contribution in [2.24, 2.45) is 5.41 Å². The van der Waals surface area contributed by atoms with E-state index in [-0.39, 0.29) is 17.7 Å². The van der Waals surface area contributed by atoms with Crippen LogP contribution in [0.3, 0.4) is 0 Å². The second kappa shape index (κ2) is 11.5. The number of pyridine rings is 1. The Balaban J connectivity index is 1.19. The minimum Gasteiger partial charge on any atom is -0.383 e. The van der Waals surface area contributed by atoms with Crippen molar-refractivity contribution in [1.29, 1.82) is 0 Å². The Hall–Kier alpha value is -3.79. The molecule has 0 saturated carbocycles. The van der Waals surface area contributed by atoms with Crippen LogP contribution in [0, 0.1) is 5.41 Å². The van der Waals surface area contributed by atoms with Crippen LogP contribution >= 0.6 is 15.9 Å². The van der Waals surface area contributed by atoms with Crippen LogP contribution in [0.15, 0.2) is 59.3 Å². The molecular weight excluding hydrogens is 594 g/mol. The van der Waals surface area contributed by atoms with E-state index in [0.717, 1.165) is 45.4 Å². The second-order valence-corrected chi connectivity index (χ2v) is 12.4. The molecule has 0 aliphatic carbocycles. The normalized spacial score (nSPS) is 17.5. The molecule has 2 N–H and O–H groups in total. The van der Waals surface area contributed by atoms with Gasteiger partial charge in [-0.05, 0) is 47.7 Å². The number of nitrogen functional groups attached to an aromatic ring is 1. The summed E-state index contributed by atoms with van der Waals surface area (Å²) in [5.41, 5.74) is 11.5. The number of fused-ring (bicyclic) bond motifs is 1. The molecule has 0 spiro atoms. The summed E-state index contributed by atoms with van der Waals surface area (Å²) in [6.45, 7) is 6.60. The van der Waals surface area contributed by atoms with Gasteiger partial charge in [-0.25, -0.2) is 4.98 Å². The maximum absolute atomic E-state index is 13.6. The molecule has 3 aromatic heterocycles. The van der Waals surface area contributed by atoms with E-state index < -0.39 is 5.41 Å². The van der Waals surface area contributed by atoms with Crippen molar-refractivity contribution >= 4 is 39.2 Å². The van der Waals surface area contributed by atoms with E-state index in [1.165, 1.54) is 0 Å². The van der Waals surface area contributed by atoms with Crippen LogP contribution in [-0.4, -0.2) is 67.4 Å². The molecule has 2 fully saturated rings. The van der Waals surface area contributed by atoms with Crippen LogP contribution in [0.2, 0.25) is 0 Å². The topological polar surface area (TPSA) is 110 Å². The van der Waals surface area contributed by atoms with Crippen LogP contribution in [-0.2, 0) is 9.59 Å². The maximum atomic E-state index is 13.6. The first-order valence-corrected chi connectivity index (χ1v) is 15.5. The summed E-state index contributed by atoms with van der Waals surface area (Å²) in [6.07, 6.45) is 7.19. The highest BCUT2D eigenvalue weighted by Crippen LogP contribution is 2.39. The first-order chi connectivity index (χ1) is 20.3. The standard InChI is InChI=1S/C32H36BrN7O2/c1-3-26(41)38-17-13-32(2,14-18-38)31(42)39-15-11-22(12-16-39)28-27(33)29(34)40-30(37-28)24(20-36-40)23-9-10-25(35-19-23)21-7-5-4-6-8-21/h4-10,19-20,22H,3,11-18,34H2,1-2H3. The van der Waals surface area contributed by atoms with E-state index in [4.69, 9.17) is 10.7 Å². The fourth-order valence-electron chi connectivity index (χ4n) is 6.25. The molecule has 2 aliphatic heterocycles. The lowest BCUT2D eigenvalue weighted by Crippen LogP contribution is -2.51. The number of benzene rings is 1. The quantitative estimate of drug-likeness (QED) is 0.310. The Bertz CT molecular complexity index is 1600. The first kappa shape index (κ1) is 28.3. The molecule has 2 amide bonds. The third-order valence-electron chi connectivity index (χ3n) is 9.00. The van der Waals surface area contributed by atoms with Gasteiger partial charge in [0, 0.05) is 66.8 Å². The molecule has 1 aromatic carbocycles. The molecular formula is C32H36BrN7O2. The monoisotopic (exact) mass is 629 g/mol. The van der Waals surface area contributed by atoms with E-state index in [1.54, 1.807) is 10.7 Å². The minimum atomic E-state index is -0.421. The highest BCUT2D eigenvalue weighted by molar-refractivity contribution is 9.10. The Morgan fingerprint density at radius 2 is 1.69 bits per heavy atom. The fourth-order valence-corrected chi connectivity index (χ4v) is 6.83. The molecule has 42 heavy (non-hydrogen) atoms. The summed E-state index contributed by atoms with van der Waals surface area (Å²) in [6, 6.07) is 14.1. The number of likely N-dealkylation sites (tertiary alicyclic amines) is 2. The van der Waals surface area contributed by atoms with Crippen LogP contribution in [0.5, 0.6) is 0 Å². The van der Waals surface area contributed by atoms with E-state index in [9.17, 15) is 9.59 Å². The smallest absolute Gasteiger partial charge is 0.228 e. The van der Waals surface area contributed by atoms with Crippen molar-refractivity contribution in [1.82, 2.24) is 29.4 Å². The largest absolute Gasteiger partial charge is 0.383 e. The number of hydrogen-bond donors (Lipinski definition) is 1. The van der Waals surface area contributed by atoms with Crippen molar-refractivity contribution in [2.75, 3.05) is 31.9 Å². The SMILES string of the molecule is CCC(=O)N1CCC(C)(C(=O)N2CCC(c3nc4c(-c5ccc(-c6ccccc6)nc5)cnn4c(N)c3Br)CC2)CC1. The van der Waals surface area contributed by atoms with Gasteiger partial charge in [0.15, 0.2) is 5.65 Å². The van der Waals surface area contributed by atoms with Gasteiger partial charge < -0.3 is 15.5 Å². The van der Waals surface area contributed by atoms with Gasteiger partial charge in [-0.2, -0.15) is 9.61 Å². The van der Waals surface area contributed by atoms with Crippen LogP contribution in [0.1, 0.15) is 57.6 Å².